The van der Waals surface area contributed by atoms with Crippen molar-refractivity contribution in [3.63, 3.8) is 0 Å². The van der Waals surface area contributed by atoms with Gasteiger partial charge in [-0.1, -0.05) is 52.3 Å². The molecule has 232 valence electrons. The fourth-order valence-corrected chi connectivity index (χ4v) is 12.4. The van der Waals surface area contributed by atoms with Crippen LogP contribution < -0.4 is 4.74 Å². The van der Waals surface area contributed by atoms with Gasteiger partial charge in [0.05, 0.1) is 13.4 Å². The second-order valence-corrected chi connectivity index (χ2v) is 16.7. The first-order chi connectivity index (χ1) is 19.8. The molecule has 0 heterocycles. The molecule has 1 aromatic carbocycles. The molecule has 0 bridgehead atoms. The zero-order valence-corrected chi connectivity index (χ0v) is 27.9. The molecule has 0 amide bonds. The van der Waals surface area contributed by atoms with Crippen LogP contribution in [0, 0.1) is 50.7 Å². The molecule has 3 heteroatoms. The molecule has 0 aromatic heterocycles. The predicted molar refractivity (Wildman–Crippen MR) is 173 cm³/mol. The van der Waals surface area contributed by atoms with Crippen LogP contribution in [0.4, 0.5) is 0 Å². The molecule has 5 aliphatic carbocycles. The van der Waals surface area contributed by atoms with Crippen molar-refractivity contribution in [2.24, 2.45) is 50.7 Å². The lowest BCUT2D eigenvalue weighted by atomic mass is 9.41. The van der Waals surface area contributed by atoms with Gasteiger partial charge >= 0.3 is 0 Å². The number of benzene rings is 1. The van der Waals surface area contributed by atoms with Crippen LogP contribution in [0.25, 0.3) is 6.08 Å². The van der Waals surface area contributed by atoms with Gasteiger partial charge in [-0.05, 0) is 154 Å². The summed E-state index contributed by atoms with van der Waals surface area (Å²) in [5.41, 5.74) is 4.76. The molecule has 5 aliphatic rings. The summed E-state index contributed by atoms with van der Waals surface area (Å²) in [7, 11) is 1.59. The summed E-state index contributed by atoms with van der Waals surface area (Å²) in [5, 5.41) is 9.94. The molecule has 0 radical (unpaired) electrons. The predicted octanol–water partition coefficient (Wildman–Crippen LogP) is 10.6. The second-order valence-electron chi connectivity index (χ2n) is 16.7. The quantitative estimate of drug-likeness (QED) is 0.248. The standard InChI is InChI=1S/C39H58O3/c1-26(2)10-9-11-27(3)29-16-19-37(7)33-15-14-32-35(4,5)34(42-23-18-28-12-13-30(40)31(24-28)41-8)17-20-38(32)25-39(33,38)22-21-36(29,37)6/h10,12-13,18,23-24,27,29,32-34,40H,9,11,14-17,19-22,25H2,1-8H3/t27-,29-,32+,33+,34+,36-,37+,38-,39+/m1/s1. The van der Waals surface area contributed by atoms with Gasteiger partial charge in [0.2, 0.25) is 0 Å². The molecule has 0 aliphatic heterocycles. The van der Waals surface area contributed by atoms with Gasteiger partial charge in [-0.3, -0.25) is 0 Å². The Morgan fingerprint density at radius 1 is 0.952 bits per heavy atom. The van der Waals surface area contributed by atoms with Gasteiger partial charge in [0.1, 0.15) is 6.10 Å². The van der Waals surface area contributed by atoms with Crippen LogP contribution in [-0.2, 0) is 4.74 Å². The number of ether oxygens (including phenoxy) is 2. The van der Waals surface area contributed by atoms with E-state index in [9.17, 15) is 5.11 Å². The fourth-order valence-electron chi connectivity index (χ4n) is 12.4. The number of rotatable bonds is 8. The van der Waals surface area contributed by atoms with Crippen molar-refractivity contribution in [2.75, 3.05) is 7.11 Å². The monoisotopic (exact) mass is 574 g/mol. The van der Waals surface area contributed by atoms with E-state index >= 15 is 0 Å². The zero-order valence-electron chi connectivity index (χ0n) is 27.9. The molecule has 1 aromatic rings. The molecule has 0 saturated heterocycles. The summed E-state index contributed by atoms with van der Waals surface area (Å²) in [6, 6.07) is 5.45. The van der Waals surface area contributed by atoms with Gasteiger partial charge in [-0.2, -0.15) is 0 Å². The van der Waals surface area contributed by atoms with Crippen molar-refractivity contribution in [1.82, 2.24) is 0 Å². The lowest BCUT2D eigenvalue weighted by Gasteiger charge is -2.63. The minimum absolute atomic E-state index is 0.169. The third-order valence-electron chi connectivity index (χ3n) is 14.7. The van der Waals surface area contributed by atoms with Crippen molar-refractivity contribution in [2.45, 2.75) is 125 Å². The molecule has 6 rings (SSSR count). The first-order valence-corrected chi connectivity index (χ1v) is 17.2. The van der Waals surface area contributed by atoms with E-state index in [1.54, 1.807) is 13.2 Å². The number of hydrogen-bond donors (Lipinski definition) is 1. The zero-order chi connectivity index (χ0) is 30.1. The number of aromatic hydroxyl groups is 1. The van der Waals surface area contributed by atoms with Crippen LogP contribution in [-0.4, -0.2) is 18.3 Å². The maximum absolute atomic E-state index is 9.94. The molecular formula is C39H58O3. The first-order valence-electron chi connectivity index (χ1n) is 17.2. The third kappa shape index (κ3) is 4.25. The van der Waals surface area contributed by atoms with Gasteiger partial charge < -0.3 is 14.6 Å². The second kappa shape index (κ2) is 10.3. The highest BCUT2D eigenvalue weighted by atomic mass is 16.5. The van der Waals surface area contributed by atoms with E-state index in [1.807, 2.05) is 24.5 Å². The van der Waals surface area contributed by atoms with E-state index in [0.29, 0.717) is 27.4 Å². The Balaban J connectivity index is 1.17. The van der Waals surface area contributed by atoms with E-state index in [0.717, 1.165) is 29.2 Å². The van der Waals surface area contributed by atoms with Crippen LogP contribution in [0.5, 0.6) is 11.5 Å². The number of phenolic OH excluding ortho intramolecular Hbond substituents is 1. The average molecular weight is 575 g/mol. The molecule has 2 spiro atoms. The normalized spacial score (nSPS) is 42.1. The van der Waals surface area contributed by atoms with Gasteiger partial charge in [0.25, 0.3) is 0 Å². The molecule has 5 fully saturated rings. The summed E-state index contributed by atoms with van der Waals surface area (Å²) in [6.45, 7) is 17.6. The smallest absolute Gasteiger partial charge is 0.161 e. The van der Waals surface area contributed by atoms with Crippen LogP contribution >= 0.6 is 0 Å². The summed E-state index contributed by atoms with van der Waals surface area (Å²) >= 11 is 0. The molecule has 42 heavy (non-hydrogen) atoms. The van der Waals surface area contributed by atoms with Crippen LogP contribution in [0.1, 0.15) is 125 Å². The Hall–Kier alpha value is -1.90. The van der Waals surface area contributed by atoms with E-state index in [2.05, 4.69) is 54.5 Å². The number of methoxy groups -OCH3 is 1. The van der Waals surface area contributed by atoms with Crippen molar-refractivity contribution < 1.29 is 14.6 Å². The average Bonchev–Trinajstić information content (AvgIpc) is 3.52. The minimum atomic E-state index is 0.169. The summed E-state index contributed by atoms with van der Waals surface area (Å²) < 4.78 is 11.8. The largest absolute Gasteiger partial charge is 0.504 e. The van der Waals surface area contributed by atoms with Crippen LogP contribution in [0.2, 0.25) is 0 Å². The minimum Gasteiger partial charge on any atom is -0.504 e. The Morgan fingerprint density at radius 2 is 1.69 bits per heavy atom. The van der Waals surface area contributed by atoms with E-state index in [4.69, 9.17) is 9.47 Å². The molecule has 0 unspecified atom stereocenters. The van der Waals surface area contributed by atoms with Gasteiger partial charge in [-0.15, -0.1) is 0 Å². The van der Waals surface area contributed by atoms with E-state index < -0.39 is 0 Å². The molecular weight excluding hydrogens is 516 g/mol. The Morgan fingerprint density at radius 3 is 2.43 bits per heavy atom. The number of hydrogen-bond acceptors (Lipinski definition) is 3. The van der Waals surface area contributed by atoms with Gasteiger partial charge in [0, 0.05) is 5.41 Å². The SMILES string of the molecule is COc1cc(C=CO[C@H]2CC[C@]34C[C@]35CC[C@]3(C)[C@@H]([C@H](C)CCC=C(C)C)CC[C@@]3(C)[C@@H]5CC[C@H]4C2(C)C)ccc1O. The highest BCUT2D eigenvalue weighted by Gasteiger charge is 2.82. The summed E-state index contributed by atoms with van der Waals surface area (Å²) in [6.07, 6.45) is 21.9. The van der Waals surface area contributed by atoms with Crippen LogP contribution in [0.3, 0.4) is 0 Å². The fraction of sp³-hybridized carbons (Fsp3) is 0.744. The Bertz CT molecular complexity index is 1240. The van der Waals surface area contributed by atoms with Crippen molar-refractivity contribution in [3.8, 4) is 11.5 Å². The lowest BCUT2D eigenvalue weighted by molar-refractivity contribution is -0.162. The summed E-state index contributed by atoms with van der Waals surface area (Å²) in [5.74, 6) is 4.05. The Kier molecular flexibility index (Phi) is 7.42. The molecule has 1 N–H and O–H groups in total. The van der Waals surface area contributed by atoms with Crippen molar-refractivity contribution in [1.29, 1.82) is 0 Å². The molecule has 9 atom stereocenters. The first kappa shape index (κ1) is 30.1. The van der Waals surface area contributed by atoms with Gasteiger partial charge in [0.15, 0.2) is 11.5 Å². The maximum Gasteiger partial charge on any atom is 0.161 e. The number of allylic oxidation sites excluding steroid dienone is 2. The topological polar surface area (TPSA) is 38.7 Å². The number of phenols is 1. The molecule has 3 nitrogen and oxygen atoms in total. The molecule has 5 saturated carbocycles. The Labute approximate surface area is 256 Å². The highest BCUT2D eigenvalue weighted by molar-refractivity contribution is 5.54. The third-order valence-corrected chi connectivity index (χ3v) is 14.7. The van der Waals surface area contributed by atoms with E-state index in [-0.39, 0.29) is 17.3 Å². The van der Waals surface area contributed by atoms with Crippen LogP contribution in [0.15, 0.2) is 36.1 Å². The highest BCUT2D eigenvalue weighted by Crippen LogP contribution is 2.89. The van der Waals surface area contributed by atoms with Crippen molar-refractivity contribution in [3.05, 3.63) is 41.7 Å². The lowest BCUT2D eigenvalue weighted by Crippen LogP contribution is -2.57. The van der Waals surface area contributed by atoms with Crippen molar-refractivity contribution >= 4 is 6.08 Å². The van der Waals surface area contributed by atoms with E-state index in [1.165, 1.54) is 76.2 Å². The maximum atomic E-state index is 9.94. The summed E-state index contributed by atoms with van der Waals surface area (Å²) in [4.78, 5) is 0. The number of fused-ring (bicyclic) bond motifs is 2. The van der Waals surface area contributed by atoms with Gasteiger partial charge in [-0.25, -0.2) is 0 Å².